The van der Waals surface area contributed by atoms with E-state index in [1.54, 1.807) is 11.3 Å². The molecule has 2 aromatic carbocycles. The highest BCUT2D eigenvalue weighted by Gasteiger charge is 2.29. The molecule has 0 radical (unpaired) electrons. The molecule has 3 aromatic rings. The third kappa shape index (κ3) is 2.22. The molecule has 3 heteroatoms. The van der Waals surface area contributed by atoms with Crippen LogP contribution in [0.2, 0.25) is 0 Å². The Morgan fingerprint density at radius 2 is 1.95 bits per heavy atom. The quantitative estimate of drug-likeness (QED) is 0.625. The summed E-state index contributed by atoms with van der Waals surface area (Å²) in [5, 5.41) is 1.05. The second-order valence-electron chi connectivity index (χ2n) is 6.14. The standard InChI is InChI=1S/C18H17NOS/c1-18(2)11-10-12-6-5-7-13(16(12)20-18)17-19-14-8-3-4-9-15(14)21-17/h3-9H,10-11H2,1-2H3. The third-order valence-electron chi connectivity index (χ3n) is 4.00. The summed E-state index contributed by atoms with van der Waals surface area (Å²) in [7, 11) is 0. The van der Waals surface area contributed by atoms with E-state index in [2.05, 4.69) is 50.2 Å². The Kier molecular flexibility index (Phi) is 2.79. The van der Waals surface area contributed by atoms with Crippen molar-refractivity contribution < 1.29 is 4.74 Å². The van der Waals surface area contributed by atoms with Gasteiger partial charge in [0.05, 0.1) is 15.8 Å². The van der Waals surface area contributed by atoms with Crippen LogP contribution in [0.15, 0.2) is 42.5 Å². The molecule has 1 aromatic heterocycles. The van der Waals surface area contributed by atoms with E-state index in [-0.39, 0.29) is 5.60 Å². The van der Waals surface area contributed by atoms with E-state index >= 15 is 0 Å². The molecule has 2 nitrogen and oxygen atoms in total. The maximum atomic E-state index is 6.27. The van der Waals surface area contributed by atoms with E-state index < -0.39 is 0 Å². The lowest BCUT2D eigenvalue weighted by atomic mass is 9.93. The van der Waals surface area contributed by atoms with Gasteiger partial charge in [0.1, 0.15) is 16.4 Å². The Hall–Kier alpha value is -1.87. The summed E-state index contributed by atoms with van der Waals surface area (Å²) >= 11 is 1.73. The van der Waals surface area contributed by atoms with Crippen molar-refractivity contribution >= 4 is 21.6 Å². The number of para-hydroxylation sites is 2. The van der Waals surface area contributed by atoms with E-state index in [4.69, 9.17) is 9.72 Å². The first-order valence-electron chi connectivity index (χ1n) is 7.29. The molecular formula is C18H17NOS. The molecule has 2 heterocycles. The molecule has 0 N–H and O–H groups in total. The zero-order valence-electron chi connectivity index (χ0n) is 12.2. The lowest BCUT2D eigenvalue weighted by Gasteiger charge is -2.33. The fraction of sp³-hybridized carbons (Fsp3) is 0.278. The van der Waals surface area contributed by atoms with E-state index in [9.17, 15) is 0 Å². The van der Waals surface area contributed by atoms with Crippen molar-refractivity contribution in [2.75, 3.05) is 0 Å². The fourth-order valence-electron chi connectivity index (χ4n) is 2.82. The lowest BCUT2D eigenvalue weighted by Crippen LogP contribution is -2.32. The number of hydrogen-bond acceptors (Lipinski definition) is 3. The molecule has 0 saturated heterocycles. The largest absolute Gasteiger partial charge is 0.487 e. The van der Waals surface area contributed by atoms with Crippen molar-refractivity contribution in [2.24, 2.45) is 0 Å². The van der Waals surface area contributed by atoms with Gasteiger partial charge in [-0.1, -0.05) is 24.3 Å². The van der Waals surface area contributed by atoms with Crippen LogP contribution in [-0.4, -0.2) is 10.6 Å². The molecule has 0 atom stereocenters. The minimum absolute atomic E-state index is 0.0974. The van der Waals surface area contributed by atoms with Crippen LogP contribution in [0.5, 0.6) is 5.75 Å². The van der Waals surface area contributed by atoms with E-state index in [0.29, 0.717) is 0 Å². The number of benzene rings is 2. The summed E-state index contributed by atoms with van der Waals surface area (Å²) < 4.78 is 7.49. The Labute approximate surface area is 128 Å². The van der Waals surface area contributed by atoms with Gasteiger partial charge in [0.2, 0.25) is 0 Å². The van der Waals surface area contributed by atoms with Crippen molar-refractivity contribution in [1.29, 1.82) is 0 Å². The van der Waals surface area contributed by atoms with Gasteiger partial charge in [-0.2, -0.15) is 0 Å². The van der Waals surface area contributed by atoms with Crippen LogP contribution in [0.25, 0.3) is 20.8 Å². The molecule has 106 valence electrons. The summed E-state index contributed by atoms with van der Waals surface area (Å²) in [6.45, 7) is 4.32. The first kappa shape index (κ1) is 12.8. The van der Waals surface area contributed by atoms with Gasteiger partial charge in [-0.05, 0) is 50.5 Å². The number of ether oxygens (including phenoxy) is 1. The maximum absolute atomic E-state index is 6.27. The Morgan fingerprint density at radius 1 is 1.10 bits per heavy atom. The van der Waals surface area contributed by atoms with E-state index in [0.717, 1.165) is 34.7 Å². The van der Waals surface area contributed by atoms with Gasteiger partial charge >= 0.3 is 0 Å². The highest BCUT2D eigenvalue weighted by atomic mass is 32.1. The van der Waals surface area contributed by atoms with Gasteiger partial charge in [-0.25, -0.2) is 4.98 Å². The van der Waals surface area contributed by atoms with Gasteiger partial charge in [0, 0.05) is 0 Å². The van der Waals surface area contributed by atoms with E-state index in [1.807, 2.05) is 6.07 Å². The van der Waals surface area contributed by atoms with Crippen molar-refractivity contribution in [2.45, 2.75) is 32.3 Å². The zero-order valence-corrected chi connectivity index (χ0v) is 13.0. The minimum atomic E-state index is -0.0974. The van der Waals surface area contributed by atoms with Gasteiger partial charge in [-0.15, -0.1) is 11.3 Å². The summed E-state index contributed by atoms with van der Waals surface area (Å²) in [4.78, 5) is 4.78. The first-order valence-corrected chi connectivity index (χ1v) is 8.11. The van der Waals surface area contributed by atoms with Crippen LogP contribution >= 0.6 is 11.3 Å². The number of aromatic nitrogens is 1. The van der Waals surface area contributed by atoms with Crippen molar-refractivity contribution in [3.63, 3.8) is 0 Å². The third-order valence-corrected chi connectivity index (χ3v) is 5.07. The molecule has 1 aliphatic rings. The molecule has 0 fully saturated rings. The Balaban J connectivity index is 1.89. The number of fused-ring (bicyclic) bond motifs is 2. The molecule has 0 unspecified atom stereocenters. The smallest absolute Gasteiger partial charge is 0.133 e. The van der Waals surface area contributed by atoms with Crippen molar-refractivity contribution in [3.8, 4) is 16.3 Å². The predicted molar refractivity (Wildman–Crippen MR) is 88.1 cm³/mol. The molecule has 1 aliphatic heterocycles. The number of thiazole rings is 1. The minimum Gasteiger partial charge on any atom is -0.487 e. The van der Waals surface area contributed by atoms with Crippen LogP contribution in [0.3, 0.4) is 0 Å². The molecule has 0 spiro atoms. The SMILES string of the molecule is CC1(C)CCc2cccc(-c3nc4ccccc4s3)c2O1. The van der Waals surface area contributed by atoms with Gasteiger partial charge in [0.15, 0.2) is 0 Å². The maximum Gasteiger partial charge on any atom is 0.133 e. The molecule has 0 bridgehead atoms. The second kappa shape index (κ2) is 4.57. The summed E-state index contributed by atoms with van der Waals surface area (Å²) in [6, 6.07) is 14.7. The Morgan fingerprint density at radius 3 is 2.81 bits per heavy atom. The van der Waals surface area contributed by atoms with Crippen LogP contribution in [0, 0.1) is 0 Å². The Bertz CT molecular complexity index is 786. The summed E-state index contributed by atoms with van der Waals surface area (Å²) in [5.74, 6) is 1.02. The average molecular weight is 295 g/mol. The summed E-state index contributed by atoms with van der Waals surface area (Å²) in [5.41, 5.74) is 3.39. The molecule has 4 rings (SSSR count). The number of hydrogen-bond donors (Lipinski definition) is 0. The fourth-order valence-corrected chi connectivity index (χ4v) is 3.81. The monoisotopic (exact) mass is 295 g/mol. The van der Waals surface area contributed by atoms with E-state index in [1.165, 1.54) is 10.3 Å². The summed E-state index contributed by atoms with van der Waals surface area (Å²) in [6.07, 6.45) is 2.13. The molecule has 21 heavy (non-hydrogen) atoms. The van der Waals surface area contributed by atoms with Gasteiger partial charge < -0.3 is 4.74 Å². The molecule has 0 aliphatic carbocycles. The number of rotatable bonds is 1. The molecule has 0 saturated carbocycles. The second-order valence-corrected chi connectivity index (χ2v) is 7.17. The number of aryl methyl sites for hydroxylation is 1. The lowest BCUT2D eigenvalue weighted by molar-refractivity contribution is 0.0855. The van der Waals surface area contributed by atoms with Crippen LogP contribution in [0.1, 0.15) is 25.8 Å². The predicted octanol–water partition coefficient (Wildman–Crippen LogP) is 5.07. The van der Waals surface area contributed by atoms with Crippen LogP contribution in [0.4, 0.5) is 0 Å². The van der Waals surface area contributed by atoms with Gasteiger partial charge in [-0.3, -0.25) is 0 Å². The zero-order chi connectivity index (χ0) is 14.4. The average Bonchev–Trinajstić information content (AvgIpc) is 2.89. The van der Waals surface area contributed by atoms with Crippen LogP contribution in [-0.2, 0) is 6.42 Å². The normalized spacial score (nSPS) is 16.5. The van der Waals surface area contributed by atoms with Gasteiger partial charge in [0.25, 0.3) is 0 Å². The highest BCUT2D eigenvalue weighted by molar-refractivity contribution is 7.21. The molecule has 0 amide bonds. The topological polar surface area (TPSA) is 22.1 Å². The first-order chi connectivity index (χ1) is 10.1. The van der Waals surface area contributed by atoms with Crippen LogP contribution < -0.4 is 4.74 Å². The highest BCUT2D eigenvalue weighted by Crippen LogP contribution is 2.42. The van der Waals surface area contributed by atoms with Crippen molar-refractivity contribution in [1.82, 2.24) is 4.98 Å². The molecular weight excluding hydrogens is 278 g/mol. The van der Waals surface area contributed by atoms with Crippen molar-refractivity contribution in [3.05, 3.63) is 48.0 Å². The number of nitrogens with zero attached hydrogens (tertiary/aromatic N) is 1.